The molecule has 0 atom stereocenters. The molecule has 0 saturated heterocycles. The monoisotopic (exact) mass is 352 g/mol. The maximum Gasteiger partial charge on any atom is 0.323 e. The van der Waals surface area contributed by atoms with E-state index < -0.39 is 12.5 Å². The van der Waals surface area contributed by atoms with Gasteiger partial charge in [0, 0.05) is 18.8 Å². The first kappa shape index (κ1) is 17.6. The topological polar surface area (TPSA) is 90.0 Å². The zero-order valence-corrected chi connectivity index (χ0v) is 14.5. The summed E-state index contributed by atoms with van der Waals surface area (Å²) in [6.07, 6.45) is 6.98. The first-order valence-corrected chi connectivity index (χ1v) is 8.38. The van der Waals surface area contributed by atoms with E-state index in [4.69, 9.17) is 0 Å². The zero-order chi connectivity index (χ0) is 18.5. The van der Waals surface area contributed by atoms with Crippen molar-refractivity contribution in [2.45, 2.75) is 25.8 Å². The normalized spacial score (nSPS) is 10.8. The third-order valence-electron chi connectivity index (χ3n) is 4.14. The molecule has 0 aliphatic heterocycles. The molecular weight excluding hydrogens is 332 g/mol. The lowest BCUT2D eigenvalue weighted by Gasteiger charge is -2.11. The van der Waals surface area contributed by atoms with Gasteiger partial charge in [-0.25, -0.2) is 0 Å². The van der Waals surface area contributed by atoms with Gasteiger partial charge < -0.3 is 5.11 Å². The highest BCUT2D eigenvalue weighted by Crippen LogP contribution is 2.16. The van der Waals surface area contributed by atoms with Crippen LogP contribution in [-0.4, -0.2) is 30.4 Å². The number of carboxylic acid groups (broad SMARTS) is 1. The molecule has 3 rings (SSSR count). The number of carboxylic acids is 1. The van der Waals surface area contributed by atoms with E-state index in [-0.39, 0.29) is 5.56 Å². The summed E-state index contributed by atoms with van der Waals surface area (Å²) in [7, 11) is 1.76. The summed E-state index contributed by atoms with van der Waals surface area (Å²) in [6, 6.07) is 10.0. The fourth-order valence-electron chi connectivity index (χ4n) is 2.88. The molecule has 7 heteroatoms. The van der Waals surface area contributed by atoms with E-state index >= 15 is 0 Å². The van der Waals surface area contributed by atoms with Crippen LogP contribution in [0.4, 0.5) is 0 Å². The highest BCUT2D eigenvalue weighted by atomic mass is 16.4. The number of aryl methyl sites for hydroxylation is 3. The van der Waals surface area contributed by atoms with Crippen LogP contribution in [0, 0.1) is 0 Å². The standard InChI is InChI=1S/C19H20N4O3/c1-22-12-15(10-21-22)17-11-20-16(19(26)23(17)13-18(24)25)9-5-8-14-6-3-2-4-7-14/h2-4,6-7,10-12H,5,8-9,13H2,1H3,(H,24,25). The smallest absolute Gasteiger partial charge is 0.323 e. The van der Waals surface area contributed by atoms with Gasteiger partial charge in [-0.2, -0.15) is 5.10 Å². The number of rotatable bonds is 7. The summed E-state index contributed by atoms with van der Waals surface area (Å²) < 4.78 is 2.85. The highest BCUT2D eigenvalue weighted by molar-refractivity contribution is 5.68. The second-order valence-corrected chi connectivity index (χ2v) is 6.12. The fraction of sp³-hybridized carbons (Fsp3) is 0.263. The van der Waals surface area contributed by atoms with Gasteiger partial charge in [0.15, 0.2) is 0 Å². The van der Waals surface area contributed by atoms with Crippen molar-refractivity contribution in [2.24, 2.45) is 7.05 Å². The Labute approximate surface area is 150 Å². The summed E-state index contributed by atoms with van der Waals surface area (Å²) in [5, 5.41) is 13.3. The number of aromatic nitrogens is 4. The maximum atomic E-state index is 12.8. The molecule has 1 aromatic carbocycles. The lowest BCUT2D eigenvalue weighted by atomic mass is 10.1. The molecular formula is C19H20N4O3. The van der Waals surface area contributed by atoms with Gasteiger partial charge in [-0.15, -0.1) is 0 Å². The van der Waals surface area contributed by atoms with Crippen molar-refractivity contribution in [2.75, 3.05) is 0 Å². The Kier molecular flexibility index (Phi) is 5.26. The Hall–Kier alpha value is -3.22. The molecule has 0 aliphatic rings. The Morgan fingerprint density at radius 1 is 1.15 bits per heavy atom. The number of aliphatic carboxylic acids is 1. The van der Waals surface area contributed by atoms with E-state index in [2.05, 4.69) is 10.1 Å². The lowest BCUT2D eigenvalue weighted by Crippen LogP contribution is -2.29. The molecule has 0 aliphatic carbocycles. The molecule has 7 nitrogen and oxygen atoms in total. The molecule has 0 spiro atoms. The Morgan fingerprint density at radius 2 is 1.92 bits per heavy atom. The third kappa shape index (κ3) is 4.05. The molecule has 3 aromatic rings. The van der Waals surface area contributed by atoms with Crippen molar-refractivity contribution in [3.05, 3.63) is 70.5 Å². The molecule has 0 saturated carbocycles. The number of benzene rings is 1. The van der Waals surface area contributed by atoms with Crippen molar-refractivity contribution >= 4 is 5.97 Å². The average Bonchev–Trinajstić information content (AvgIpc) is 3.05. The molecule has 0 amide bonds. The van der Waals surface area contributed by atoms with Crippen molar-refractivity contribution in [3.8, 4) is 11.3 Å². The van der Waals surface area contributed by atoms with Crippen LogP contribution in [0.1, 0.15) is 17.7 Å². The fourth-order valence-corrected chi connectivity index (χ4v) is 2.88. The molecule has 26 heavy (non-hydrogen) atoms. The second kappa shape index (κ2) is 7.77. The van der Waals surface area contributed by atoms with Gasteiger partial charge in [-0.1, -0.05) is 30.3 Å². The van der Waals surface area contributed by atoms with Gasteiger partial charge >= 0.3 is 5.97 Å². The largest absolute Gasteiger partial charge is 0.480 e. The molecule has 0 radical (unpaired) electrons. The van der Waals surface area contributed by atoms with Gasteiger partial charge in [-0.3, -0.25) is 23.8 Å². The van der Waals surface area contributed by atoms with Crippen LogP contribution in [0.3, 0.4) is 0 Å². The number of carbonyl (C=O) groups is 1. The minimum Gasteiger partial charge on any atom is -0.480 e. The number of nitrogens with zero attached hydrogens (tertiary/aromatic N) is 4. The lowest BCUT2D eigenvalue weighted by molar-refractivity contribution is -0.137. The van der Waals surface area contributed by atoms with Crippen LogP contribution in [0.2, 0.25) is 0 Å². The van der Waals surface area contributed by atoms with Crippen molar-refractivity contribution < 1.29 is 9.90 Å². The summed E-state index contributed by atoms with van der Waals surface area (Å²) in [4.78, 5) is 28.3. The summed E-state index contributed by atoms with van der Waals surface area (Å²) in [5.41, 5.74) is 2.34. The minimum atomic E-state index is -1.07. The molecule has 2 aromatic heterocycles. The maximum absolute atomic E-state index is 12.8. The van der Waals surface area contributed by atoms with E-state index in [0.717, 1.165) is 12.8 Å². The van der Waals surface area contributed by atoms with E-state index in [1.165, 1.54) is 10.1 Å². The summed E-state index contributed by atoms with van der Waals surface area (Å²) in [6.45, 7) is -0.405. The highest BCUT2D eigenvalue weighted by Gasteiger charge is 2.15. The van der Waals surface area contributed by atoms with Crippen LogP contribution in [0.25, 0.3) is 11.3 Å². The molecule has 0 fully saturated rings. The van der Waals surface area contributed by atoms with Gasteiger partial charge in [0.2, 0.25) is 0 Å². The number of hydrogen-bond donors (Lipinski definition) is 1. The van der Waals surface area contributed by atoms with E-state index in [0.29, 0.717) is 23.4 Å². The van der Waals surface area contributed by atoms with Gasteiger partial charge in [0.05, 0.1) is 18.1 Å². The predicted molar refractivity (Wildman–Crippen MR) is 96.8 cm³/mol. The third-order valence-corrected chi connectivity index (χ3v) is 4.14. The average molecular weight is 352 g/mol. The van der Waals surface area contributed by atoms with Gasteiger partial charge in [0.1, 0.15) is 12.2 Å². The van der Waals surface area contributed by atoms with Crippen molar-refractivity contribution in [1.29, 1.82) is 0 Å². The van der Waals surface area contributed by atoms with Crippen LogP contribution in [-0.2, 0) is 31.2 Å². The van der Waals surface area contributed by atoms with Gasteiger partial charge in [-0.05, 0) is 24.8 Å². The van der Waals surface area contributed by atoms with Crippen LogP contribution in [0.5, 0.6) is 0 Å². The summed E-state index contributed by atoms with van der Waals surface area (Å²) >= 11 is 0. The first-order chi connectivity index (χ1) is 12.5. The van der Waals surface area contributed by atoms with Crippen molar-refractivity contribution in [1.82, 2.24) is 19.3 Å². The Balaban J connectivity index is 1.85. The van der Waals surface area contributed by atoms with E-state index in [1.54, 1.807) is 30.3 Å². The molecule has 1 N–H and O–H groups in total. The number of hydrogen-bond acceptors (Lipinski definition) is 4. The zero-order valence-electron chi connectivity index (χ0n) is 14.5. The van der Waals surface area contributed by atoms with Crippen LogP contribution < -0.4 is 5.56 Å². The Bertz CT molecular complexity index is 960. The molecule has 0 unspecified atom stereocenters. The predicted octanol–water partition coefficient (Wildman–Crippen LogP) is 1.90. The summed E-state index contributed by atoms with van der Waals surface area (Å²) in [5.74, 6) is -1.07. The molecule has 0 bridgehead atoms. The Morgan fingerprint density at radius 3 is 2.58 bits per heavy atom. The van der Waals surface area contributed by atoms with E-state index in [9.17, 15) is 14.7 Å². The molecule has 2 heterocycles. The molecule has 134 valence electrons. The quantitative estimate of drug-likeness (QED) is 0.701. The second-order valence-electron chi connectivity index (χ2n) is 6.12. The van der Waals surface area contributed by atoms with Crippen LogP contribution in [0.15, 0.2) is 53.7 Å². The van der Waals surface area contributed by atoms with E-state index in [1.807, 2.05) is 30.3 Å². The SMILES string of the molecule is Cn1cc(-c2cnc(CCCc3ccccc3)c(=O)n2CC(=O)O)cn1. The van der Waals surface area contributed by atoms with Crippen molar-refractivity contribution in [3.63, 3.8) is 0 Å². The van der Waals surface area contributed by atoms with Crippen LogP contribution >= 0.6 is 0 Å². The first-order valence-electron chi connectivity index (χ1n) is 8.38. The minimum absolute atomic E-state index is 0.359. The van der Waals surface area contributed by atoms with Gasteiger partial charge in [0.25, 0.3) is 5.56 Å².